The molecule has 0 fully saturated rings. The first-order valence-corrected chi connectivity index (χ1v) is 18.4. The van der Waals surface area contributed by atoms with Crippen molar-refractivity contribution < 1.29 is 24.1 Å². The molecule has 1 amide bonds. The fourth-order valence-electron chi connectivity index (χ4n) is 6.17. The number of nitrogens with zero attached hydrogens (tertiary/aromatic N) is 3. The lowest BCUT2D eigenvalue weighted by atomic mass is 10.0. The molecule has 2 aliphatic rings. The molecular weight excluding hydrogens is 642 g/mol. The number of fused-ring (bicyclic) bond motifs is 8. The molecule has 280 valence electrons. The predicted octanol–water partition coefficient (Wildman–Crippen LogP) is 7.76. The maximum Gasteiger partial charge on any atom is 0.222 e. The lowest BCUT2D eigenvalue weighted by Crippen LogP contribution is -2.29. The van der Waals surface area contributed by atoms with Crippen molar-refractivity contribution in [3.8, 4) is 0 Å². The van der Waals surface area contributed by atoms with Gasteiger partial charge in [-0.15, -0.1) is 0 Å². The Labute approximate surface area is 304 Å². The molecule has 5 rings (SSSR count). The number of rotatable bonds is 12. The van der Waals surface area contributed by atoms with Crippen LogP contribution >= 0.6 is 0 Å². The highest BCUT2D eigenvalue weighted by molar-refractivity contribution is 5.85. The van der Waals surface area contributed by atoms with E-state index >= 15 is 0 Å². The van der Waals surface area contributed by atoms with Gasteiger partial charge in [-0.3, -0.25) is 9.78 Å². The van der Waals surface area contributed by atoms with Crippen LogP contribution in [0.3, 0.4) is 0 Å². The van der Waals surface area contributed by atoms with Crippen LogP contribution in [0.2, 0.25) is 0 Å². The van der Waals surface area contributed by atoms with Gasteiger partial charge in [-0.2, -0.15) is 0 Å². The Hall–Kier alpha value is -3.83. The molecule has 1 atom stereocenters. The number of aliphatic hydroxyl groups excluding tert-OH is 1. The van der Waals surface area contributed by atoms with Crippen LogP contribution in [0.25, 0.3) is 33.7 Å². The van der Waals surface area contributed by atoms with Gasteiger partial charge in [-0.1, -0.05) is 34.6 Å². The third-order valence-corrected chi connectivity index (χ3v) is 9.46. The highest BCUT2D eigenvalue weighted by Gasteiger charge is 2.20. The SMILES string of the molecule is CC.CCC(=O)N(C)CCOCCOCCOC.CCc1c(C)c2cc3[nH]c(cc4nc(c(C)c5nc(cc1[nH]2)C(C)=C5)CC4C)c(C)c3CO. The summed E-state index contributed by atoms with van der Waals surface area (Å²) in [7, 11) is 3.42. The highest BCUT2D eigenvalue weighted by Crippen LogP contribution is 2.31. The van der Waals surface area contributed by atoms with Crippen LogP contribution in [0.5, 0.6) is 0 Å². The van der Waals surface area contributed by atoms with Crippen molar-refractivity contribution in [3.63, 3.8) is 0 Å². The average Bonchev–Trinajstić information content (AvgIpc) is 3.85. The second-order valence-electron chi connectivity index (χ2n) is 12.9. The van der Waals surface area contributed by atoms with Gasteiger partial charge in [0.25, 0.3) is 0 Å². The number of carbonyl (C=O) groups is 1. The van der Waals surface area contributed by atoms with E-state index < -0.39 is 0 Å². The molecule has 2 aliphatic heterocycles. The molecule has 0 spiro atoms. The molecule has 10 nitrogen and oxygen atoms in total. The molecule has 5 heterocycles. The summed E-state index contributed by atoms with van der Waals surface area (Å²) >= 11 is 0. The number of aromatic nitrogens is 4. The number of hydrogen-bond donors (Lipinski definition) is 3. The molecule has 8 bridgehead atoms. The second-order valence-corrected chi connectivity index (χ2v) is 12.9. The number of allylic oxidation sites excluding steroid dienone is 1. The quantitative estimate of drug-likeness (QED) is 0.165. The fourth-order valence-corrected chi connectivity index (χ4v) is 6.17. The molecule has 3 aromatic heterocycles. The van der Waals surface area contributed by atoms with Crippen molar-refractivity contribution >= 4 is 39.6 Å². The van der Waals surface area contributed by atoms with Crippen LogP contribution in [0.1, 0.15) is 104 Å². The van der Waals surface area contributed by atoms with E-state index in [2.05, 4.69) is 75.8 Å². The van der Waals surface area contributed by atoms with Gasteiger partial charge in [-0.05, 0) is 92.6 Å². The number of carbonyl (C=O) groups excluding carboxylic acids is 1. The minimum Gasteiger partial charge on any atom is -0.392 e. The largest absolute Gasteiger partial charge is 0.392 e. The number of likely N-dealkylation sites (N-methyl/N-ethyl adjacent to an activating group) is 1. The maximum absolute atomic E-state index is 11.2. The van der Waals surface area contributed by atoms with Crippen molar-refractivity contribution in [2.75, 3.05) is 53.7 Å². The van der Waals surface area contributed by atoms with Crippen molar-refractivity contribution in [1.29, 1.82) is 0 Å². The lowest BCUT2D eigenvalue weighted by molar-refractivity contribution is -0.130. The van der Waals surface area contributed by atoms with Gasteiger partial charge in [0.2, 0.25) is 5.91 Å². The average molecular weight is 704 g/mol. The number of aromatic amines is 2. The zero-order valence-electron chi connectivity index (χ0n) is 32.9. The molecule has 3 aromatic rings. The number of aryl methyl sites for hydroxylation is 3. The number of ether oxygens (including phenoxy) is 3. The number of nitrogens with one attached hydrogen (secondary N) is 2. The summed E-state index contributed by atoms with van der Waals surface area (Å²) in [5, 5.41) is 10.2. The van der Waals surface area contributed by atoms with Crippen molar-refractivity contribution in [1.82, 2.24) is 24.8 Å². The van der Waals surface area contributed by atoms with Crippen LogP contribution in [-0.4, -0.2) is 89.6 Å². The third-order valence-electron chi connectivity index (χ3n) is 9.46. The van der Waals surface area contributed by atoms with Crippen molar-refractivity contribution in [2.45, 2.75) is 94.1 Å². The standard InChI is InChI=1S/C28H32N4O.C11H23NO4.C2H6/c1-7-19-16(4)26-12-28-20(13-33)17(5)25(32-28)10-21-14(2)8-23(29-21)18(6)24-9-15(3)22(30-24)11-27(19)31-26;1-4-11(13)12(2)5-6-15-9-10-16-8-7-14-3;1-2/h9-12,14,31-33H,7-8,13H2,1-6H3;4-10H2,1-3H3;1-2H3. The summed E-state index contributed by atoms with van der Waals surface area (Å²) in [6.45, 7) is 22.2. The molecule has 1 unspecified atom stereocenters. The summed E-state index contributed by atoms with van der Waals surface area (Å²) in [6, 6.07) is 6.44. The van der Waals surface area contributed by atoms with E-state index in [-0.39, 0.29) is 12.5 Å². The smallest absolute Gasteiger partial charge is 0.222 e. The first kappa shape index (κ1) is 41.6. The number of aliphatic hydroxyl groups is 1. The second kappa shape index (κ2) is 20.3. The van der Waals surface area contributed by atoms with Crippen LogP contribution in [0, 0.1) is 20.8 Å². The van der Waals surface area contributed by atoms with E-state index in [0.717, 1.165) is 74.4 Å². The minimum absolute atomic E-state index is 0.00716. The zero-order valence-corrected chi connectivity index (χ0v) is 32.9. The summed E-state index contributed by atoms with van der Waals surface area (Å²) < 4.78 is 15.4. The van der Waals surface area contributed by atoms with E-state index in [0.29, 0.717) is 51.9 Å². The van der Waals surface area contributed by atoms with Crippen LogP contribution in [0.15, 0.2) is 18.2 Å². The van der Waals surface area contributed by atoms with Gasteiger partial charge in [0, 0.05) is 72.1 Å². The molecule has 10 heteroatoms. The molecule has 0 saturated heterocycles. The van der Waals surface area contributed by atoms with Gasteiger partial charge >= 0.3 is 0 Å². The van der Waals surface area contributed by atoms with E-state index in [4.69, 9.17) is 24.2 Å². The van der Waals surface area contributed by atoms with Gasteiger partial charge < -0.3 is 34.2 Å². The van der Waals surface area contributed by atoms with Crippen molar-refractivity contribution in [3.05, 3.63) is 68.8 Å². The molecule has 0 aliphatic carbocycles. The third kappa shape index (κ3) is 10.6. The Morgan fingerprint density at radius 3 is 2.10 bits per heavy atom. The summed E-state index contributed by atoms with van der Waals surface area (Å²) in [4.78, 5) is 30.1. The lowest BCUT2D eigenvalue weighted by Gasteiger charge is -2.15. The first-order chi connectivity index (χ1) is 24.5. The molecule has 51 heavy (non-hydrogen) atoms. The Balaban J connectivity index is 0.000000332. The van der Waals surface area contributed by atoms with E-state index in [9.17, 15) is 9.90 Å². The Morgan fingerprint density at radius 2 is 1.47 bits per heavy atom. The van der Waals surface area contributed by atoms with Gasteiger partial charge in [0.15, 0.2) is 0 Å². The van der Waals surface area contributed by atoms with Gasteiger partial charge in [0.05, 0.1) is 51.0 Å². The number of amides is 1. The summed E-state index contributed by atoms with van der Waals surface area (Å²) in [5.41, 5.74) is 15.1. The molecule has 0 saturated carbocycles. The Kier molecular flexibility index (Phi) is 16.5. The van der Waals surface area contributed by atoms with Gasteiger partial charge in [-0.25, -0.2) is 4.98 Å². The van der Waals surface area contributed by atoms with Crippen LogP contribution < -0.4 is 0 Å². The van der Waals surface area contributed by atoms with Crippen molar-refractivity contribution in [2.24, 2.45) is 0 Å². The van der Waals surface area contributed by atoms with E-state index in [1.807, 2.05) is 20.8 Å². The predicted molar refractivity (Wildman–Crippen MR) is 209 cm³/mol. The zero-order chi connectivity index (χ0) is 37.7. The minimum atomic E-state index is -0.00716. The monoisotopic (exact) mass is 703 g/mol. The van der Waals surface area contributed by atoms with E-state index in [1.54, 1.807) is 19.1 Å². The van der Waals surface area contributed by atoms with Crippen LogP contribution in [0.4, 0.5) is 0 Å². The normalized spacial score (nSPS) is 13.6. The number of H-pyrrole nitrogens is 2. The first-order valence-electron chi connectivity index (χ1n) is 18.4. The maximum atomic E-state index is 11.2. The molecule has 0 radical (unpaired) electrons. The Bertz CT molecular complexity index is 1810. The molecule has 3 N–H and O–H groups in total. The highest BCUT2D eigenvalue weighted by atomic mass is 16.5. The van der Waals surface area contributed by atoms with Crippen LogP contribution in [-0.2, 0) is 38.5 Å². The summed E-state index contributed by atoms with van der Waals surface area (Å²) in [5.74, 6) is 0.472. The Morgan fingerprint density at radius 1 is 0.863 bits per heavy atom. The topological polar surface area (TPSA) is 126 Å². The number of hydrogen-bond acceptors (Lipinski definition) is 7. The fraction of sp³-hybridized carbons (Fsp3) is 0.537. The molecule has 0 aromatic carbocycles. The van der Waals surface area contributed by atoms with Gasteiger partial charge in [0.1, 0.15) is 0 Å². The van der Waals surface area contributed by atoms with E-state index in [1.165, 1.54) is 16.7 Å². The summed E-state index contributed by atoms with van der Waals surface area (Å²) in [6.07, 6.45) is 4.56. The molecular formula is C41H61N5O5. The number of methoxy groups -OCH3 is 1.